The van der Waals surface area contributed by atoms with E-state index in [-0.39, 0.29) is 6.04 Å². The molecule has 0 fully saturated rings. The van der Waals surface area contributed by atoms with Gasteiger partial charge in [0.25, 0.3) is 0 Å². The predicted molar refractivity (Wildman–Crippen MR) is 126 cm³/mol. The molecule has 0 aliphatic rings. The average Bonchev–Trinajstić information content (AvgIpc) is 3.22. The third kappa shape index (κ3) is 14.8. The van der Waals surface area contributed by atoms with E-state index in [0.29, 0.717) is 24.1 Å². The number of nitrogens with one attached hydrogen (secondary N) is 1. The molecule has 0 saturated carbocycles. The molecular formula is C22H36N4O3S. The lowest BCUT2D eigenvalue weighted by molar-refractivity contribution is 0.138. The number of nitrogens with two attached hydrogens (primary N) is 1. The van der Waals surface area contributed by atoms with Crippen LogP contribution in [0.15, 0.2) is 53.5 Å². The van der Waals surface area contributed by atoms with Gasteiger partial charge in [-0.2, -0.15) is 0 Å². The molecule has 0 bridgehead atoms. The molecule has 1 heterocycles. The van der Waals surface area contributed by atoms with Crippen molar-refractivity contribution in [2.24, 2.45) is 5.73 Å². The second-order valence-electron chi connectivity index (χ2n) is 5.69. The highest BCUT2D eigenvalue weighted by Crippen LogP contribution is 2.13. The molecule has 0 radical (unpaired) electrons. The number of aliphatic hydroxyl groups is 1. The van der Waals surface area contributed by atoms with E-state index in [0.717, 1.165) is 17.9 Å². The smallest absolute Gasteiger partial charge is 0.240 e. The molecule has 30 heavy (non-hydrogen) atoms. The minimum Gasteiger partial charge on any atom is -0.493 e. The van der Waals surface area contributed by atoms with Crippen LogP contribution < -0.4 is 15.8 Å². The lowest BCUT2D eigenvalue weighted by Crippen LogP contribution is -2.41. The molecule has 7 nitrogen and oxygen atoms in total. The van der Waals surface area contributed by atoms with Gasteiger partial charge in [0.1, 0.15) is 5.75 Å². The Morgan fingerprint density at radius 1 is 1.30 bits per heavy atom. The molecule has 2 atom stereocenters. The Morgan fingerprint density at radius 3 is 2.57 bits per heavy atom. The van der Waals surface area contributed by atoms with Crippen LogP contribution in [0.2, 0.25) is 0 Å². The maximum atomic E-state index is 8.47. The van der Waals surface area contributed by atoms with E-state index >= 15 is 0 Å². The number of rotatable bonds is 11. The number of benzene rings is 1. The van der Waals surface area contributed by atoms with Crippen LogP contribution in [0, 0.1) is 0 Å². The monoisotopic (exact) mass is 436 g/mol. The number of aliphatic hydroxyl groups excluding tert-OH is 1. The van der Waals surface area contributed by atoms with Gasteiger partial charge in [-0.25, -0.2) is 0 Å². The molecule has 168 valence electrons. The van der Waals surface area contributed by atoms with E-state index in [9.17, 15) is 0 Å². The third-order valence-electron chi connectivity index (χ3n) is 3.23. The first kappa shape index (κ1) is 27.9. The predicted octanol–water partition coefficient (Wildman–Crippen LogP) is 4.22. The van der Waals surface area contributed by atoms with Crippen LogP contribution in [0.25, 0.3) is 6.08 Å². The summed E-state index contributed by atoms with van der Waals surface area (Å²) in [4.78, 5) is 0. The summed E-state index contributed by atoms with van der Waals surface area (Å²) >= 11 is 1.72. The zero-order chi connectivity index (χ0) is 22.6. The van der Waals surface area contributed by atoms with Crippen molar-refractivity contribution in [1.82, 2.24) is 15.5 Å². The van der Waals surface area contributed by atoms with Gasteiger partial charge in [-0.05, 0) is 31.6 Å². The normalized spacial score (nSPS) is 12.2. The molecule has 0 spiro atoms. The van der Waals surface area contributed by atoms with Gasteiger partial charge in [0.15, 0.2) is 6.35 Å². The summed E-state index contributed by atoms with van der Waals surface area (Å²) in [7, 11) is 0. The maximum absolute atomic E-state index is 8.47. The fourth-order valence-electron chi connectivity index (χ4n) is 1.84. The molecule has 0 saturated heterocycles. The van der Waals surface area contributed by atoms with E-state index in [4.69, 9.17) is 20.0 Å². The fourth-order valence-corrected chi connectivity index (χ4v) is 2.48. The average molecular weight is 437 g/mol. The van der Waals surface area contributed by atoms with Gasteiger partial charge in [-0.1, -0.05) is 51.1 Å². The van der Waals surface area contributed by atoms with Crippen molar-refractivity contribution in [3.8, 4) is 5.75 Å². The Labute approximate surface area is 184 Å². The highest BCUT2D eigenvalue weighted by atomic mass is 32.2. The number of allylic oxidation sites excluding steroid dienone is 1. The summed E-state index contributed by atoms with van der Waals surface area (Å²) in [6.45, 7) is 12.1. The van der Waals surface area contributed by atoms with Gasteiger partial charge in [0, 0.05) is 11.8 Å². The van der Waals surface area contributed by atoms with Crippen molar-refractivity contribution < 1.29 is 14.3 Å². The SMILES string of the molecule is C=CC(C)NC(N)O.CC.CC/C=C/c1nnc(CSCCOc2ccccc2)o1. The third-order valence-corrected chi connectivity index (χ3v) is 4.14. The largest absolute Gasteiger partial charge is 0.493 e. The summed E-state index contributed by atoms with van der Waals surface area (Å²) in [6.07, 6.45) is 5.53. The van der Waals surface area contributed by atoms with Crippen LogP contribution in [-0.2, 0) is 5.75 Å². The van der Waals surface area contributed by atoms with Crippen LogP contribution in [-0.4, -0.2) is 40.1 Å². The minimum atomic E-state index is -0.942. The molecule has 0 amide bonds. The van der Waals surface area contributed by atoms with Crippen molar-refractivity contribution >= 4 is 17.8 Å². The Morgan fingerprint density at radius 2 is 2.00 bits per heavy atom. The quantitative estimate of drug-likeness (QED) is 0.273. The molecule has 1 aromatic carbocycles. The van der Waals surface area contributed by atoms with Gasteiger partial charge in [0.2, 0.25) is 11.8 Å². The van der Waals surface area contributed by atoms with Crippen LogP contribution in [0.3, 0.4) is 0 Å². The van der Waals surface area contributed by atoms with Crippen molar-refractivity contribution in [2.45, 2.75) is 52.3 Å². The highest BCUT2D eigenvalue weighted by Gasteiger charge is 2.03. The molecular weight excluding hydrogens is 400 g/mol. The van der Waals surface area contributed by atoms with Gasteiger partial charge < -0.3 is 14.3 Å². The second-order valence-corrected chi connectivity index (χ2v) is 6.80. The van der Waals surface area contributed by atoms with Crippen LogP contribution in [0.5, 0.6) is 5.75 Å². The van der Waals surface area contributed by atoms with Crippen LogP contribution >= 0.6 is 11.8 Å². The zero-order valence-electron chi connectivity index (χ0n) is 18.5. The molecule has 0 aliphatic heterocycles. The summed E-state index contributed by atoms with van der Waals surface area (Å²) in [5.41, 5.74) is 4.97. The Kier molecular flexibility index (Phi) is 17.5. The first-order valence-corrected chi connectivity index (χ1v) is 11.3. The molecule has 8 heteroatoms. The maximum Gasteiger partial charge on any atom is 0.240 e. The van der Waals surface area contributed by atoms with Crippen LogP contribution in [0.4, 0.5) is 0 Å². The number of aromatic nitrogens is 2. The number of nitrogens with zero attached hydrogens (tertiary/aromatic N) is 2. The Hall–Kier alpha value is -2.13. The Balaban J connectivity index is 0.000000712. The summed E-state index contributed by atoms with van der Waals surface area (Å²) in [5.74, 6) is 3.73. The molecule has 2 aromatic rings. The standard InChI is InChI=1S/C15H18N2O2S.C5H12N2O.C2H6/c1-2-3-9-14-16-17-15(19-14)12-20-11-10-18-13-7-5-4-6-8-13;1-3-4(2)7-5(6)8;1-2/h3-9H,2,10-12H2,1H3;3-5,7-8H,1,6H2,2H3;1-2H3/b9-3+;;. The number of thioether (sulfide) groups is 1. The van der Waals surface area contributed by atoms with E-state index < -0.39 is 6.35 Å². The molecule has 0 aliphatic carbocycles. The van der Waals surface area contributed by atoms with Crippen molar-refractivity contribution in [3.05, 3.63) is 60.8 Å². The van der Waals surface area contributed by atoms with Gasteiger partial charge in [-0.3, -0.25) is 11.1 Å². The summed E-state index contributed by atoms with van der Waals surface area (Å²) < 4.78 is 11.1. The molecule has 2 rings (SSSR count). The number of hydrogen-bond donors (Lipinski definition) is 3. The molecule has 2 unspecified atom stereocenters. The molecule has 4 N–H and O–H groups in total. The first-order valence-electron chi connectivity index (χ1n) is 10.1. The second kappa shape index (κ2) is 18.9. The first-order chi connectivity index (χ1) is 14.5. The molecule has 1 aromatic heterocycles. The highest BCUT2D eigenvalue weighted by molar-refractivity contribution is 7.98. The zero-order valence-corrected chi connectivity index (χ0v) is 19.3. The van der Waals surface area contributed by atoms with Crippen molar-refractivity contribution in [2.75, 3.05) is 12.4 Å². The fraction of sp³-hybridized carbons (Fsp3) is 0.455. The summed E-state index contributed by atoms with van der Waals surface area (Å²) in [5, 5.41) is 19.0. The van der Waals surface area contributed by atoms with Crippen molar-refractivity contribution in [3.63, 3.8) is 0 Å². The van der Waals surface area contributed by atoms with Gasteiger partial charge >= 0.3 is 0 Å². The van der Waals surface area contributed by atoms with Crippen molar-refractivity contribution in [1.29, 1.82) is 0 Å². The minimum absolute atomic E-state index is 0.0648. The van der Waals surface area contributed by atoms with E-state index in [1.807, 2.05) is 63.3 Å². The van der Waals surface area contributed by atoms with E-state index in [2.05, 4.69) is 29.0 Å². The number of hydrogen-bond acceptors (Lipinski definition) is 8. The number of para-hydroxylation sites is 1. The van der Waals surface area contributed by atoms with Crippen LogP contribution in [0.1, 0.15) is 45.9 Å². The van der Waals surface area contributed by atoms with Gasteiger partial charge in [0.05, 0.1) is 12.4 Å². The topological polar surface area (TPSA) is 106 Å². The Bertz CT molecular complexity index is 678. The van der Waals surface area contributed by atoms with E-state index in [1.54, 1.807) is 17.8 Å². The number of ether oxygens (including phenoxy) is 1. The summed E-state index contributed by atoms with van der Waals surface area (Å²) in [6, 6.07) is 9.87. The van der Waals surface area contributed by atoms with E-state index in [1.165, 1.54) is 0 Å². The lowest BCUT2D eigenvalue weighted by atomic mass is 10.3. The van der Waals surface area contributed by atoms with Gasteiger partial charge in [-0.15, -0.1) is 28.5 Å². The lowest BCUT2D eigenvalue weighted by Gasteiger charge is -2.10.